The van der Waals surface area contributed by atoms with Gasteiger partial charge >= 0.3 is 12.1 Å². The van der Waals surface area contributed by atoms with Crippen LogP contribution in [0.25, 0.3) is 0 Å². The van der Waals surface area contributed by atoms with Gasteiger partial charge in [-0.15, -0.1) is 11.3 Å². The van der Waals surface area contributed by atoms with E-state index in [0.29, 0.717) is 0 Å². The lowest BCUT2D eigenvalue weighted by Crippen LogP contribution is -2.37. The Labute approximate surface area is 104 Å². The molecule has 0 saturated carbocycles. The molecule has 1 aromatic rings. The van der Waals surface area contributed by atoms with Gasteiger partial charge in [0.25, 0.3) is 10.2 Å². The Bertz CT molecular complexity index is 537. The van der Waals surface area contributed by atoms with E-state index in [4.69, 9.17) is 5.11 Å². The number of hydrogen-bond donors (Lipinski definition) is 3. The molecule has 1 heterocycles. The molecule has 0 amide bonds. The molecule has 0 atom stereocenters. The van der Waals surface area contributed by atoms with Crippen molar-refractivity contribution in [1.82, 2.24) is 4.72 Å². The van der Waals surface area contributed by atoms with Crippen LogP contribution in [0.4, 0.5) is 18.9 Å². The van der Waals surface area contributed by atoms with Crippen molar-refractivity contribution < 1.29 is 31.5 Å². The SMILES string of the molecule is O=C(O)c1sccc1NS(=O)(=O)NCC(F)(F)F. The van der Waals surface area contributed by atoms with Crippen LogP contribution in [-0.2, 0) is 10.2 Å². The summed E-state index contributed by atoms with van der Waals surface area (Å²) in [5.41, 5.74) is -0.290. The first-order chi connectivity index (χ1) is 8.11. The molecular weight excluding hydrogens is 297 g/mol. The van der Waals surface area contributed by atoms with Crippen LogP contribution in [0.3, 0.4) is 0 Å². The highest BCUT2D eigenvalue weighted by Crippen LogP contribution is 2.23. The van der Waals surface area contributed by atoms with E-state index >= 15 is 0 Å². The van der Waals surface area contributed by atoms with Gasteiger partial charge in [0.15, 0.2) is 0 Å². The Kier molecular flexibility index (Phi) is 4.19. The van der Waals surface area contributed by atoms with Crippen molar-refractivity contribution in [3.8, 4) is 0 Å². The number of aromatic carboxylic acids is 1. The summed E-state index contributed by atoms with van der Waals surface area (Å²) < 4.78 is 60.9. The number of nitrogens with one attached hydrogen (secondary N) is 2. The highest BCUT2D eigenvalue weighted by Gasteiger charge is 2.29. The Morgan fingerprint density at radius 1 is 1.44 bits per heavy atom. The maximum Gasteiger partial charge on any atom is 0.402 e. The molecular formula is C7H7F3N2O4S2. The predicted molar refractivity (Wildman–Crippen MR) is 57.9 cm³/mol. The normalized spacial score (nSPS) is 12.4. The molecule has 0 aliphatic heterocycles. The second kappa shape index (κ2) is 5.12. The van der Waals surface area contributed by atoms with Crippen molar-refractivity contribution >= 4 is 33.2 Å². The Morgan fingerprint density at radius 2 is 2.06 bits per heavy atom. The number of carboxylic acid groups (broad SMARTS) is 1. The van der Waals surface area contributed by atoms with Crippen LogP contribution < -0.4 is 9.44 Å². The third-order valence-corrected chi connectivity index (χ3v) is 3.48. The summed E-state index contributed by atoms with van der Waals surface area (Å²) in [5, 5.41) is 9.98. The van der Waals surface area contributed by atoms with E-state index in [-0.39, 0.29) is 10.6 Å². The molecule has 0 bridgehead atoms. The van der Waals surface area contributed by atoms with Crippen molar-refractivity contribution in [2.75, 3.05) is 11.3 Å². The Balaban J connectivity index is 2.77. The van der Waals surface area contributed by atoms with Crippen LogP contribution in [0.2, 0.25) is 0 Å². The van der Waals surface area contributed by atoms with Crippen LogP contribution in [0.5, 0.6) is 0 Å². The summed E-state index contributed by atoms with van der Waals surface area (Å²) in [5.74, 6) is -1.38. The molecule has 0 radical (unpaired) electrons. The van der Waals surface area contributed by atoms with Crippen molar-refractivity contribution in [2.24, 2.45) is 0 Å². The maximum atomic E-state index is 11.8. The number of alkyl halides is 3. The second-order valence-electron chi connectivity index (χ2n) is 3.01. The lowest BCUT2D eigenvalue weighted by Gasteiger charge is -2.10. The molecule has 0 aliphatic carbocycles. The van der Waals surface area contributed by atoms with Crippen LogP contribution >= 0.6 is 11.3 Å². The third kappa shape index (κ3) is 4.50. The van der Waals surface area contributed by atoms with E-state index in [1.165, 1.54) is 10.1 Å². The first-order valence-corrected chi connectivity index (χ1v) is 6.62. The van der Waals surface area contributed by atoms with Gasteiger partial charge in [0, 0.05) is 0 Å². The summed E-state index contributed by atoms with van der Waals surface area (Å²) in [6.07, 6.45) is -4.70. The van der Waals surface area contributed by atoms with E-state index in [2.05, 4.69) is 0 Å². The van der Waals surface area contributed by atoms with Crippen molar-refractivity contribution in [3.05, 3.63) is 16.3 Å². The number of hydrogen-bond acceptors (Lipinski definition) is 4. The molecule has 11 heteroatoms. The molecule has 0 aliphatic rings. The molecule has 0 unspecified atom stereocenters. The molecule has 1 aromatic heterocycles. The predicted octanol–water partition coefficient (Wildman–Crippen LogP) is 1.25. The summed E-state index contributed by atoms with van der Waals surface area (Å²) in [7, 11) is -4.47. The number of rotatable bonds is 5. The van der Waals surface area contributed by atoms with Gasteiger partial charge in [-0.05, 0) is 11.4 Å². The fourth-order valence-electron chi connectivity index (χ4n) is 0.913. The highest BCUT2D eigenvalue weighted by molar-refractivity contribution is 7.90. The quantitative estimate of drug-likeness (QED) is 0.763. The minimum atomic E-state index is -4.70. The molecule has 18 heavy (non-hydrogen) atoms. The fraction of sp³-hybridized carbons (Fsp3) is 0.286. The fourth-order valence-corrected chi connectivity index (χ4v) is 2.55. The zero-order chi connectivity index (χ0) is 14.0. The maximum absolute atomic E-state index is 11.8. The lowest BCUT2D eigenvalue weighted by molar-refractivity contribution is -0.121. The van der Waals surface area contributed by atoms with Crippen LogP contribution in [0.15, 0.2) is 11.4 Å². The van der Waals surface area contributed by atoms with Crippen molar-refractivity contribution in [1.29, 1.82) is 0 Å². The minimum Gasteiger partial charge on any atom is -0.477 e. The van der Waals surface area contributed by atoms with Gasteiger partial charge in [-0.1, -0.05) is 0 Å². The number of anilines is 1. The molecule has 102 valence electrons. The highest BCUT2D eigenvalue weighted by atomic mass is 32.2. The zero-order valence-electron chi connectivity index (χ0n) is 8.48. The van der Waals surface area contributed by atoms with Gasteiger partial charge in [-0.3, -0.25) is 4.72 Å². The lowest BCUT2D eigenvalue weighted by atomic mass is 10.4. The summed E-state index contributed by atoms with van der Waals surface area (Å²) in [6, 6.07) is 1.14. The average Bonchev–Trinajstić information content (AvgIpc) is 2.61. The van der Waals surface area contributed by atoms with E-state index in [1.54, 1.807) is 4.72 Å². The molecule has 0 spiro atoms. The van der Waals surface area contributed by atoms with E-state index in [1.807, 2.05) is 0 Å². The zero-order valence-corrected chi connectivity index (χ0v) is 10.1. The van der Waals surface area contributed by atoms with Crippen LogP contribution in [-0.4, -0.2) is 32.2 Å². The Morgan fingerprint density at radius 3 is 2.56 bits per heavy atom. The molecule has 0 saturated heterocycles. The van der Waals surface area contributed by atoms with Crippen LogP contribution in [0.1, 0.15) is 9.67 Å². The third-order valence-electron chi connectivity index (χ3n) is 1.57. The monoisotopic (exact) mass is 304 g/mol. The van der Waals surface area contributed by atoms with Gasteiger partial charge in [0.05, 0.1) is 5.69 Å². The first-order valence-electron chi connectivity index (χ1n) is 4.26. The van der Waals surface area contributed by atoms with Gasteiger partial charge in [-0.25, -0.2) is 4.79 Å². The van der Waals surface area contributed by atoms with Gasteiger partial charge in [0.1, 0.15) is 11.4 Å². The number of carboxylic acids is 1. The van der Waals surface area contributed by atoms with Gasteiger partial charge in [0.2, 0.25) is 0 Å². The smallest absolute Gasteiger partial charge is 0.402 e. The van der Waals surface area contributed by atoms with Gasteiger partial charge < -0.3 is 5.11 Å². The minimum absolute atomic E-state index is 0.290. The number of thiophene rings is 1. The topological polar surface area (TPSA) is 95.5 Å². The summed E-state index contributed by atoms with van der Waals surface area (Å²) in [6.45, 7) is -1.74. The summed E-state index contributed by atoms with van der Waals surface area (Å²) in [4.78, 5) is 10.3. The molecule has 0 aromatic carbocycles. The average molecular weight is 304 g/mol. The van der Waals surface area contributed by atoms with E-state index in [0.717, 1.165) is 17.4 Å². The number of carbonyl (C=O) groups is 1. The largest absolute Gasteiger partial charge is 0.477 e. The van der Waals surface area contributed by atoms with E-state index < -0.39 is 28.9 Å². The summed E-state index contributed by atoms with van der Waals surface area (Å²) >= 11 is 0.745. The van der Waals surface area contributed by atoms with Crippen molar-refractivity contribution in [3.63, 3.8) is 0 Å². The standard InChI is InChI=1S/C7H7F3N2O4S2/c8-7(9,10)3-11-18(15,16)12-4-1-2-17-5(4)6(13)14/h1-2,11-12H,3H2,(H,13,14). The molecule has 3 N–H and O–H groups in total. The van der Waals surface area contributed by atoms with Gasteiger partial charge in [-0.2, -0.15) is 26.3 Å². The van der Waals surface area contributed by atoms with Crippen molar-refractivity contribution in [2.45, 2.75) is 6.18 Å². The molecule has 6 nitrogen and oxygen atoms in total. The molecule has 1 rings (SSSR count). The second-order valence-corrected chi connectivity index (χ2v) is 5.43. The number of halogens is 3. The first kappa shape index (κ1) is 14.7. The Hall–Kier alpha value is -1.33. The molecule has 0 fully saturated rings. The van der Waals surface area contributed by atoms with E-state index in [9.17, 15) is 26.4 Å². The van der Waals surface area contributed by atoms with Crippen LogP contribution in [0, 0.1) is 0 Å².